The lowest BCUT2D eigenvalue weighted by molar-refractivity contribution is 0.168. The molecule has 1 aliphatic rings. The van der Waals surface area contributed by atoms with Crippen LogP contribution in [0.1, 0.15) is 26.2 Å². The van der Waals surface area contributed by atoms with Gasteiger partial charge < -0.3 is 5.32 Å². The van der Waals surface area contributed by atoms with E-state index in [-0.39, 0.29) is 6.67 Å². The minimum atomic E-state index is -0.184. The maximum atomic E-state index is 12.0. The minimum Gasteiger partial charge on any atom is -0.315 e. The number of hydrogen-bond donors (Lipinski definition) is 1. The van der Waals surface area contributed by atoms with Gasteiger partial charge in [0, 0.05) is 19.1 Å². The highest BCUT2D eigenvalue weighted by Gasteiger charge is 2.18. The Bertz CT molecular complexity index is 124. The maximum absolute atomic E-state index is 12.0. The molecule has 0 saturated carbocycles. The number of likely N-dealkylation sites (N-methyl/N-ethyl adjacent to an activating group) is 1. The standard InChI is InChI=1S/C10H21FN2/c1-2-13(8-4-6-11)10-5-3-7-12-9-10/h10,12H,2-9H2,1H3. The van der Waals surface area contributed by atoms with Crippen LogP contribution in [0.15, 0.2) is 0 Å². The molecule has 2 nitrogen and oxygen atoms in total. The zero-order valence-corrected chi connectivity index (χ0v) is 8.56. The lowest BCUT2D eigenvalue weighted by atomic mass is 10.1. The predicted molar refractivity (Wildman–Crippen MR) is 53.7 cm³/mol. The third-order valence-corrected chi connectivity index (χ3v) is 2.77. The topological polar surface area (TPSA) is 15.3 Å². The summed E-state index contributed by atoms with van der Waals surface area (Å²) in [7, 11) is 0. The Morgan fingerprint density at radius 1 is 1.54 bits per heavy atom. The highest BCUT2D eigenvalue weighted by molar-refractivity contribution is 4.77. The molecule has 0 aromatic heterocycles. The van der Waals surface area contributed by atoms with Crippen molar-refractivity contribution in [1.82, 2.24) is 10.2 Å². The Balaban J connectivity index is 2.26. The van der Waals surface area contributed by atoms with Crippen LogP contribution in [0.5, 0.6) is 0 Å². The highest BCUT2D eigenvalue weighted by atomic mass is 19.1. The van der Waals surface area contributed by atoms with Crippen molar-refractivity contribution < 1.29 is 4.39 Å². The van der Waals surface area contributed by atoms with Gasteiger partial charge in [0.05, 0.1) is 6.67 Å². The van der Waals surface area contributed by atoms with Crippen LogP contribution in [0.2, 0.25) is 0 Å². The zero-order valence-electron chi connectivity index (χ0n) is 8.56. The van der Waals surface area contributed by atoms with Crippen molar-refractivity contribution in [1.29, 1.82) is 0 Å². The zero-order chi connectivity index (χ0) is 9.52. The molecule has 0 bridgehead atoms. The van der Waals surface area contributed by atoms with E-state index in [4.69, 9.17) is 0 Å². The van der Waals surface area contributed by atoms with E-state index < -0.39 is 0 Å². The van der Waals surface area contributed by atoms with Gasteiger partial charge in [-0.2, -0.15) is 0 Å². The van der Waals surface area contributed by atoms with Crippen LogP contribution < -0.4 is 5.32 Å². The summed E-state index contributed by atoms with van der Waals surface area (Å²) < 4.78 is 12.0. The van der Waals surface area contributed by atoms with E-state index in [0.29, 0.717) is 12.5 Å². The van der Waals surface area contributed by atoms with E-state index in [1.165, 1.54) is 12.8 Å². The molecule has 1 fully saturated rings. The van der Waals surface area contributed by atoms with Crippen LogP contribution >= 0.6 is 0 Å². The van der Waals surface area contributed by atoms with Crippen molar-refractivity contribution in [3.63, 3.8) is 0 Å². The molecule has 0 aliphatic carbocycles. The first-order valence-corrected chi connectivity index (χ1v) is 5.39. The lowest BCUT2D eigenvalue weighted by Crippen LogP contribution is -2.46. The van der Waals surface area contributed by atoms with Gasteiger partial charge in [0.2, 0.25) is 0 Å². The van der Waals surface area contributed by atoms with Gasteiger partial charge in [-0.15, -0.1) is 0 Å². The first kappa shape index (κ1) is 10.9. The van der Waals surface area contributed by atoms with Crippen molar-refractivity contribution in [2.24, 2.45) is 0 Å². The summed E-state index contributed by atoms with van der Waals surface area (Å²) in [5, 5.41) is 3.39. The molecule has 1 heterocycles. The van der Waals surface area contributed by atoms with Crippen LogP contribution in [0.3, 0.4) is 0 Å². The largest absolute Gasteiger partial charge is 0.315 e. The molecule has 0 amide bonds. The molecular weight excluding hydrogens is 167 g/mol. The number of hydrogen-bond acceptors (Lipinski definition) is 2. The summed E-state index contributed by atoms with van der Waals surface area (Å²) in [4.78, 5) is 2.39. The molecule has 0 radical (unpaired) electrons. The Labute approximate surface area is 80.5 Å². The molecule has 1 atom stereocenters. The van der Waals surface area contributed by atoms with Crippen LogP contribution in [0.25, 0.3) is 0 Å². The third kappa shape index (κ3) is 3.61. The van der Waals surface area contributed by atoms with Crippen molar-refractivity contribution >= 4 is 0 Å². The van der Waals surface area contributed by atoms with Crippen molar-refractivity contribution in [2.75, 3.05) is 32.9 Å². The number of nitrogens with zero attached hydrogens (tertiary/aromatic N) is 1. The van der Waals surface area contributed by atoms with Crippen molar-refractivity contribution in [2.45, 2.75) is 32.2 Å². The van der Waals surface area contributed by atoms with Gasteiger partial charge in [0.1, 0.15) is 0 Å². The first-order chi connectivity index (χ1) is 6.38. The van der Waals surface area contributed by atoms with Crippen LogP contribution in [-0.4, -0.2) is 43.8 Å². The number of halogens is 1. The Morgan fingerprint density at radius 3 is 2.92 bits per heavy atom. The average Bonchev–Trinajstić information content (AvgIpc) is 2.21. The number of nitrogens with one attached hydrogen (secondary N) is 1. The molecule has 1 aliphatic heterocycles. The van der Waals surface area contributed by atoms with Gasteiger partial charge in [-0.25, -0.2) is 0 Å². The van der Waals surface area contributed by atoms with Crippen molar-refractivity contribution in [3.8, 4) is 0 Å². The van der Waals surface area contributed by atoms with E-state index in [1.807, 2.05) is 0 Å². The summed E-state index contributed by atoms with van der Waals surface area (Å²) in [6, 6.07) is 0.644. The summed E-state index contributed by atoms with van der Waals surface area (Å²) in [5.74, 6) is 0. The molecule has 3 heteroatoms. The average molecular weight is 188 g/mol. The summed E-state index contributed by atoms with van der Waals surface area (Å²) in [6.45, 7) is 6.17. The van der Waals surface area contributed by atoms with E-state index in [2.05, 4.69) is 17.1 Å². The first-order valence-electron chi connectivity index (χ1n) is 5.39. The van der Waals surface area contributed by atoms with Crippen LogP contribution in [-0.2, 0) is 0 Å². The van der Waals surface area contributed by atoms with Gasteiger partial charge >= 0.3 is 0 Å². The van der Waals surface area contributed by atoms with Crippen LogP contribution in [0, 0.1) is 0 Å². The lowest BCUT2D eigenvalue weighted by Gasteiger charge is -2.33. The predicted octanol–water partition coefficient (Wildman–Crippen LogP) is 1.42. The second-order valence-electron chi connectivity index (χ2n) is 3.67. The fraction of sp³-hybridized carbons (Fsp3) is 1.00. The van der Waals surface area contributed by atoms with Crippen molar-refractivity contribution in [3.05, 3.63) is 0 Å². The molecule has 13 heavy (non-hydrogen) atoms. The normalized spacial score (nSPS) is 23.8. The monoisotopic (exact) mass is 188 g/mol. The molecular formula is C10H21FN2. The summed E-state index contributed by atoms with van der Waals surface area (Å²) >= 11 is 0. The molecule has 1 rings (SSSR count). The fourth-order valence-corrected chi connectivity index (χ4v) is 2.01. The number of alkyl halides is 1. The molecule has 78 valence electrons. The number of rotatable bonds is 5. The highest BCUT2D eigenvalue weighted by Crippen LogP contribution is 2.10. The van der Waals surface area contributed by atoms with E-state index >= 15 is 0 Å². The second-order valence-corrected chi connectivity index (χ2v) is 3.67. The molecule has 0 aromatic rings. The van der Waals surface area contributed by atoms with E-state index in [0.717, 1.165) is 26.2 Å². The Hall–Kier alpha value is -0.150. The van der Waals surface area contributed by atoms with Gasteiger partial charge in [0.25, 0.3) is 0 Å². The fourth-order valence-electron chi connectivity index (χ4n) is 2.01. The van der Waals surface area contributed by atoms with Gasteiger partial charge in [-0.1, -0.05) is 6.92 Å². The molecule has 0 aromatic carbocycles. The van der Waals surface area contributed by atoms with Gasteiger partial charge in [-0.05, 0) is 32.4 Å². The quantitative estimate of drug-likeness (QED) is 0.702. The second kappa shape index (κ2) is 6.33. The van der Waals surface area contributed by atoms with E-state index in [1.54, 1.807) is 0 Å². The Morgan fingerprint density at radius 2 is 2.38 bits per heavy atom. The molecule has 1 saturated heterocycles. The maximum Gasteiger partial charge on any atom is 0.0906 e. The molecule has 0 spiro atoms. The summed E-state index contributed by atoms with van der Waals surface area (Å²) in [6.07, 6.45) is 3.22. The van der Waals surface area contributed by atoms with E-state index in [9.17, 15) is 4.39 Å². The minimum absolute atomic E-state index is 0.184. The third-order valence-electron chi connectivity index (χ3n) is 2.77. The van der Waals surface area contributed by atoms with Gasteiger partial charge in [0.15, 0.2) is 0 Å². The molecule has 1 N–H and O–H groups in total. The Kier molecular flexibility index (Phi) is 5.32. The van der Waals surface area contributed by atoms with Crippen LogP contribution in [0.4, 0.5) is 4.39 Å². The van der Waals surface area contributed by atoms with Gasteiger partial charge in [-0.3, -0.25) is 9.29 Å². The molecule has 1 unspecified atom stereocenters. The SMILES string of the molecule is CCN(CCCF)C1CCCNC1. The summed E-state index contributed by atoms with van der Waals surface area (Å²) in [5.41, 5.74) is 0. The number of piperidine rings is 1. The smallest absolute Gasteiger partial charge is 0.0906 e.